The van der Waals surface area contributed by atoms with Gasteiger partial charge in [-0.05, 0) is 35.9 Å². The zero-order valence-corrected chi connectivity index (χ0v) is 13.1. The van der Waals surface area contributed by atoms with Gasteiger partial charge < -0.3 is 10.1 Å². The van der Waals surface area contributed by atoms with Crippen LogP contribution in [-0.4, -0.2) is 20.9 Å². The second-order valence-corrected chi connectivity index (χ2v) is 6.38. The summed E-state index contributed by atoms with van der Waals surface area (Å²) in [5.74, 6) is -0.404. The van der Waals surface area contributed by atoms with Crippen LogP contribution in [0.2, 0.25) is 0 Å². The number of rotatable bonds is 6. The Kier molecular flexibility index (Phi) is 5.47. The SMILES string of the molecule is NS(=O)(=O)c1cccc(NC(=O)Cc2ccc(OC(F)F)cc2)c1. The number of anilines is 1. The highest BCUT2D eigenvalue weighted by atomic mass is 32.2. The number of alkyl halides is 2. The van der Waals surface area contributed by atoms with Gasteiger partial charge in [0.05, 0.1) is 11.3 Å². The summed E-state index contributed by atoms with van der Waals surface area (Å²) in [5, 5.41) is 7.56. The van der Waals surface area contributed by atoms with Gasteiger partial charge in [-0.2, -0.15) is 8.78 Å². The molecular weight excluding hydrogens is 342 g/mol. The molecule has 0 atom stereocenters. The van der Waals surface area contributed by atoms with Crippen molar-refractivity contribution in [2.75, 3.05) is 5.32 Å². The average Bonchev–Trinajstić information content (AvgIpc) is 2.48. The van der Waals surface area contributed by atoms with Crippen LogP contribution in [0.25, 0.3) is 0 Å². The van der Waals surface area contributed by atoms with Crippen LogP contribution in [0.1, 0.15) is 5.56 Å². The van der Waals surface area contributed by atoms with Crippen molar-refractivity contribution >= 4 is 21.6 Å². The first-order valence-electron chi connectivity index (χ1n) is 6.70. The Morgan fingerprint density at radius 1 is 1.17 bits per heavy atom. The van der Waals surface area contributed by atoms with Crippen molar-refractivity contribution in [3.8, 4) is 5.75 Å². The topological polar surface area (TPSA) is 98.5 Å². The number of halogens is 2. The Hall–Kier alpha value is -2.52. The molecule has 0 saturated carbocycles. The molecule has 3 N–H and O–H groups in total. The minimum atomic E-state index is -3.86. The second kappa shape index (κ2) is 7.37. The molecule has 0 radical (unpaired) electrons. The Bertz CT molecular complexity index is 824. The van der Waals surface area contributed by atoms with E-state index in [-0.39, 0.29) is 22.8 Å². The fourth-order valence-corrected chi connectivity index (χ4v) is 2.49. The van der Waals surface area contributed by atoms with Gasteiger partial charge in [0.1, 0.15) is 5.75 Å². The third kappa shape index (κ3) is 5.28. The predicted molar refractivity (Wildman–Crippen MR) is 83.2 cm³/mol. The lowest BCUT2D eigenvalue weighted by molar-refractivity contribution is -0.115. The van der Waals surface area contributed by atoms with E-state index in [4.69, 9.17) is 5.14 Å². The third-order valence-electron chi connectivity index (χ3n) is 2.96. The Morgan fingerprint density at radius 3 is 2.42 bits per heavy atom. The van der Waals surface area contributed by atoms with Gasteiger partial charge in [-0.15, -0.1) is 0 Å². The molecule has 0 bridgehead atoms. The molecule has 1 amide bonds. The van der Waals surface area contributed by atoms with E-state index in [0.717, 1.165) is 0 Å². The molecule has 0 unspecified atom stereocenters. The molecule has 0 aliphatic heterocycles. The quantitative estimate of drug-likeness (QED) is 0.828. The van der Waals surface area contributed by atoms with Crippen molar-refractivity contribution in [3.63, 3.8) is 0 Å². The molecule has 9 heteroatoms. The number of hydrogen-bond acceptors (Lipinski definition) is 4. The monoisotopic (exact) mass is 356 g/mol. The normalized spacial score (nSPS) is 11.3. The summed E-state index contributed by atoms with van der Waals surface area (Å²) < 4.78 is 50.9. The highest BCUT2D eigenvalue weighted by Crippen LogP contribution is 2.17. The van der Waals surface area contributed by atoms with Gasteiger partial charge in [0.25, 0.3) is 0 Å². The Morgan fingerprint density at radius 2 is 1.83 bits per heavy atom. The van der Waals surface area contributed by atoms with E-state index in [9.17, 15) is 22.0 Å². The molecule has 128 valence electrons. The molecule has 0 aliphatic carbocycles. The summed E-state index contributed by atoms with van der Waals surface area (Å²) in [5.41, 5.74) is 0.862. The van der Waals surface area contributed by atoms with Crippen molar-refractivity contribution in [3.05, 3.63) is 54.1 Å². The van der Waals surface area contributed by atoms with Crippen molar-refractivity contribution < 1.29 is 26.7 Å². The molecule has 24 heavy (non-hydrogen) atoms. The van der Waals surface area contributed by atoms with E-state index in [1.165, 1.54) is 48.5 Å². The van der Waals surface area contributed by atoms with Gasteiger partial charge >= 0.3 is 6.61 Å². The zero-order chi connectivity index (χ0) is 17.7. The largest absolute Gasteiger partial charge is 0.435 e. The Labute approximate surface area is 137 Å². The molecule has 2 rings (SSSR count). The highest BCUT2D eigenvalue weighted by molar-refractivity contribution is 7.89. The lowest BCUT2D eigenvalue weighted by Gasteiger charge is -2.08. The smallest absolute Gasteiger partial charge is 0.387 e. The summed E-state index contributed by atoms with van der Waals surface area (Å²) in [6.45, 7) is -2.91. The van der Waals surface area contributed by atoms with E-state index in [1.54, 1.807) is 0 Å². The average molecular weight is 356 g/mol. The number of amides is 1. The molecule has 0 aliphatic rings. The van der Waals surface area contributed by atoms with Gasteiger partial charge in [-0.3, -0.25) is 4.79 Å². The molecule has 0 aromatic heterocycles. The summed E-state index contributed by atoms with van der Waals surface area (Å²) in [7, 11) is -3.86. The number of primary sulfonamides is 1. The number of carbonyl (C=O) groups is 1. The summed E-state index contributed by atoms with van der Waals surface area (Å²) in [6, 6.07) is 11.2. The predicted octanol–water partition coefficient (Wildman–Crippen LogP) is 2.12. The molecule has 2 aromatic carbocycles. The number of sulfonamides is 1. The standard InChI is InChI=1S/C15H14F2N2O4S/c16-15(17)23-12-6-4-10(5-7-12)8-14(20)19-11-2-1-3-13(9-11)24(18,21)22/h1-7,9,15H,8H2,(H,19,20)(H2,18,21,22). The van der Waals surface area contributed by atoms with Gasteiger partial charge in [-0.25, -0.2) is 13.6 Å². The van der Waals surface area contributed by atoms with Crippen LogP contribution in [0.3, 0.4) is 0 Å². The van der Waals surface area contributed by atoms with Crippen LogP contribution in [0.5, 0.6) is 5.75 Å². The van der Waals surface area contributed by atoms with Crippen LogP contribution >= 0.6 is 0 Å². The molecular formula is C15H14F2N2O4S. The fraction of sp³-hybridized carbons (Fsp3) is 0.133. The minimum absolute atomic E-state index is 0.00462. The molecule has 0 fully saturated rings. The summed E-state index contributed by atoms with van der Waals surface area (Å²) >= 11 is 0. The number of ether oxygens (including phenoxy) is 1. The van der Waals surface area contributed by atoms with Crippen LogP contribution in [0.15, 0.2) is 53.4 Å². The maximum atomic E-state index is 12.1. The van der Waals surface area contributed by atoms with Crippen molar-refractivity contribution in [2.24, 2.45) is 5.14 Å². The van der Waals surface area contributed by atoms with Gasteiger partial charge in [-0.1, -0.05) is 18.2 Å². The molecule has 0 heterocycles. The van der Waals surface area contributed by atoms with E-state index >= 15 is 0 Å². The molecule has 2 aromatic rings. The summed E-state index contributed by atoms with van der Waals surface area (Å²) in [6.07, 6.45) is -0.0193. The van der Waals surface area contributed by atoms with Crippen LogP contribution < -0.4 is 15.2 Å². The van der Waals surface area contributed by atoms with Crippen molar-refractivity contribution in [2.45, 2.75) is 17.9 Å². The van der Waals surface area contributed by atoms with Crippen LogP contribution in [-0.2, 0) is 21.2 Å². The van der Waals surface area contributed by atoms with E-state index in [1.807, 2.05) is 0 Å². The van der Waals surface area contributed by atoms with E-state index < -0.39 is 22.5 Å². The lowest BCUT2D eigenvalue weighted by atomic mass is 10.1. The number of hydrogen-bond donors (Lipinski definition) is 2. The van der Waals surface area contributed by atoms with Crippen molar-refractivity contribution in [1.29, 1.82) is 0 Å². The first-order chi connectivity index (χ1) is 11.2. The number of nitrogens with two attached hydrogens (primary N) is 1. The lowest BCUT2D eigenvalue weighted by Crippen LogP contribution is -2.16. The fourth-order valence-electron chi connectivity index (χ4n) is 1.93. The van der Waals surface area contributed by atoms with E-state index in [0.29, 0.717) is 5.56 Å². The maximum absolute atomic E-state index is 12.1. The summed E-state index contributed by atoms with van der Waals surface area (Å²) in [4.78, 5) is 11.8. The van der Waals surface area contributed by atoms with Gasteiger partial charge in [0.15, 0.2) is 0 Å². The van der Waals surface area contributed by atoms with Crippen LogP contribution in [0, 0.1) is 0 Å². The van der Waals surface area contributed by atoms with E-state index in [2.05, 4.69) is 10.1 Å². The van der Waals surface area contributed by atoms with Crippen LogP contribution in [0.4, 0.5) is 14.5 Å². The van der Waals surface area contributed by atoms with Crippen molar-refractivity contribution in [1.82, 2.24) is 0 Å². The maximum Gasteiger partial charge on any atom is 0.387 e. The second-order valence-electron chi connectivity index (χ2n) is 4.82. The third-order valence-corrected chi connectivity index (χ3v) is 3.87. The molecule has 0 saturated heterocycles. The highest BCUT2D eigenvalue weighted by Gasteiger charge is 2.10. The zero-order valence-electron chi connectivity index (χ0n) is 12.3. The molecule has 6 nitrogen and oxygen atoms in total. The number of nitrogens with one attached hydrogen (secondary N) is 1. The van der Waals surface area contributed by atoms with Gasteiger partial charge in [0, 0.05) is 5.69 Å². The Balaban J connectivity index is 2.01. The van der Waals surface area contributed by atoms with Gasteiger partial charge in [0.2, 0.25) is 15.9 Å². The first kappa shape index (κ1) is 17.8. The number of benzene rings is 2. The number of carbonyl (C=O) groups excluding carboxylic acids is 1. The first-order valence-corrected chi connectivity index (χ1v) is 8.25. The minimum Gasteiger partial charge on any atom is -0.435 e. The molecule has 0 spiro atoms.